The number of aromatic carboxylic acids is 1. The SMILES string of the molecule is COc1cccc(C=CCCBr)c1C(=O)O. The Morgan fingerprint density at radius 2 is 2.31 bits per heavy atom. The number of carboxylic acids is 1. The quantitative estimate of drug-likeness (QED) is 0.845. The first kappa shape index (κ1) is 12.8. The summed E-state index contributed by atoms with van der Waals surface area (Å²) >= 11 is 3.31. The van der Waals surface area contributed by atoms with Gasteiger partial charge in [0.1, 0.15) is 11.3 Å². The summed E-state index contributed by atoms with van der Waals surface area (Å²) in [5.41, 5.74) is 0.864. The van der Waals surface area contributed by atoms with Gasteiger partial charge in [-0.25, -0.2) is 4.79 Å². The van der Waals surface area contributed by atoms with Gasteiger partial charge in [-0.05, 0) is 18.1 Å². The third-order valence-electron chi connectivity index (χ3n) is 2.07. The molecule has 1 N–H and O–H groups in total. The van der Waals surface area contributed by atoms with Crippen LogP contribution < -0.4 is 4.74 Å². The van der Waals surface area contributed by atoms with E-state index in [2.05, 4.69) is 15.9 Å². The molecular weight excluding hydrogens is 272 g/mol. The van der Waals surface area contributed by atoms with Gasteiger partial charge in [-0.1, -0.05) is 40.2 Å². The van der Waals surface area contributed by atoms with Crippen LogP contribution in [0, 0.1) is 0 Å². The lowest BCUT2D eigenvalue weighted by molar-refractivity contribution is 0.0693. The molecule has 1 rings (SSSR count). The number of hydrogen-bond acceptors (Lipinski definition) is 2. The normalized spacial score (nSPS) is 10.6. The first-order valence-corrected chi connectivity index (χ1v) is 5.95. The smallest absolute Gasteiger partial charge is 0.340 e. The Morgan fingerprint density at radius 1 is 1.56 bits per heavy atom. The van der Waals surface area contributed by atoms with E-state index in [1.807, 2.05) is 6.08 Å². The lowest BCUT2D eigenvalue weighted by atomic mass is 10.1. The highest BCUT2D eigenvalue weighted by Gasteiger charge is 2.13. The van der Waals surface area contributed by atoms with Gasteiger partial charge in [0.05, 0.1) is 7.11 Å². The van der Waals surface area contributed by atoms with Gasteiger partial charge in [0, 0.05) is 5.33 Å². The number of methoxy groups -OCH3 is 1. The van der Waals surface area contributed by atoms with E-state index in [4.69, 9.17) is 9.84 Å². The third kappa shape index (κ3) is 3.10. The van der Waals surface area contributed by atoms with E-state index in [1.54, 1.807) is 24.3 Å². The molecule has 0 spiro atoms. The second kappa shape index (κ2) is 6.33. The molecule has 0 bridgehead atoms. The fraction of sp³-hybridized carbons (Fsp3) is 0.250. The van der Waals surface area contributed by atoms with Gasteiger partial charge >= 0.3 is 5.97 Å². The van der Waals surface area contributed by atoms with Gasteiger partial charge in [0.25, 0.3) is 0 Å². The summed E-state index contributed by atoms with van der Waals surface area (Å²) in [6.45, 7) is 0. The Morgan fingerprint density at radius 3 is 2.88 bits per heavy atom. The number of rotatable bonds is 5. The molecule has 4 heteroatoms. The standard InChI is InChI=1S/C12H13BrO3/c1-16-10-7-4-6-9(5-2-3-8-13)11(10)12(14)15/h2,4-7H,3,8H2,1H3,(H,14,15). The zero-order valence-corrected chi connectivity index (χ0v) is 10.5. The monoisotopic (exact) mass is 284 g/mol. The van der Waals surface area contributed by atoms with Crippen molar-refractivity contribution in [3.05, 3.63) is 35.4 Å². The Hall–Kier alpha value is -1.29. The van der Waals surface area contributed by atoms with Crippen molar-refractivity contribution in [2.45, 2.75) is 6.42 Å². The van der Waals surface area contributed by atoms with Crippen molar-refractivity contribution in [2.75, 3.05) is 12.4 Å². The molecule has 0 heterocycles. The van der Waals surface area contributed by atoms with Crippen LogP contribution in [-0.4, -0.2) is 23.5 Å². The molecule has 0 amide bonds. The van der Waals surface area contributed by atoms with Crippen molar-refractivity contribution in [1.82, 2.24) is 0 Å². The van der Waals surface area contributed by atoms with Crippen molar-refractivity contribution in [1.29, 1.82) is 0 Å². The zero-order valence-electron chi connectivity index (χ0n) is 8.94. The van der Waals surface area contributed by atoms with Gasteiger partial charge in [-0.3, -0.25) is 0 Å². The summed E-state index contributed by atoms with van der Waals surface area (Å²) in [6.07, 6.45) is 4.58. The van der Waals surface area contributed by atoms with Crippen LogP contribution in [0.25, 0.3) is 6.08 Å². The number of carboxylic acid groups (broad SMARTS) is 1. The first-order valence-electron chi connectivity index (χ1n) is 4.83. The van der Waals surface area contributed by atoms with E-state index in [0.29, 0.717) is 11.3 Å². The molecule has 0 saturated heterocycles. The molecule has 1 aromatic carbocycles. The minimum atomic E-state index is -0.976. The molecule has 86 valence electrons. The third-order valence-corrected chi connectivity index (χ3v) is 2.52. The summed E-state index contributed by atoms with van der Waals surface area (Å²) in [5.74, 6) is -0.593. The van der Waals surface area contributed by atoms with Crippen molar-refractivity contribution in [2.24, 2.45) is 0 Å². The fourth-order valence-corrected chi connectivity index (χ4v) is 1.62. The molecular formula is C12H13BrO3. The second-order valence-corrected chi connectivity index (χ2v) is 3.90. The van der Waals surface area contributed by atoms with Crippen LogP contribution in [-0.2, 0) is 0 Å². The van der Waals surface area contributed by atoms with E-state index in [1.165, 1.54) is 7.11 Å². The summed E-state index contributed by atoms with van der Waals surface area (Å²) in [7, 11) is 1.47. The van der Waals surface area contributed by atoms with Crippen LogP contribution in [0.4, 0.5) is 0 Å². The highest BCUT2D eigenvalue weighted by Crippen LogP contribution is 2.23. The molecule has 0 aliphatic carbocycles. The topological polar surface area (TPSA) is 46.5 Å². The van der Waals surface area contributed by atoms with Gasteiger partial charge in [0.15, 0.2) is 0 Å². The molecule has 1 aromatic rings. The van der Waals surface area contributed by atoms with E-state index in [0.717, 1.165) is 11.8 Å². The second-order valence-electron chi connectivity index (χ2n) is 3.11. The van der Waals surface area contributed by atoms with Crippen LogP contribution in [0.5, 0.6) is 5.75 Å². The number of ether oxygens (including phenoxy) is 1. The number of hydrogen-bond donors (Lipinski definition) is 1. The summed E-state index contributed by atoms with van der Waals surface area (Å²) in [5, 5.41) is 9.97. The Labute approximate surface area is 103 Å². The van der Waals surface area contributed by atoms with Crippen LogP contribution in [0.1, 0.15) is 22.3 Å². The van der Waals surface area contributed by atoms with E-state index in [9.17, 15) is 4.79 Å². The van der Waals surface area contributed by atoms with Crippen molar-refractivity contribution in [3.63, 3.8) is 0 Å². The van der Waals surface area contributed by atoms with Crippen molar-refractivity contribution >= 4 is 28.0 Å². The van der Waals surface area contributed by atoms with Crippen molar-refractivity contribution < 1.29 is 14.6 Å². The predicted molar refractivity (Wildman–Crippen MR) is 67.4 cm³/mol. The van der Waals surface area contributed by atoms with Gasteiger partial charge < -0.3 is 9.84 Å². The molecule has 0 aliphatic heterocycles. The molecule has 0 saturated carbocycles. The highest BCUT2D eigenvalue weighted by molar-refractivity contribution is 9.09. The lowest BCUT2D eigenvalue weighted by Crippen LogP contribution is -2.03. The van der Waals surface area contributed by atoms with Gasteiger partial charge in [-0.15, -0.1) is 0 Å². The van der Waals surface area contributed by atoms with Crippen molar-refractivity contribution in [3.8, 4) is 5.75 Å². The Kier molecular flexibility index (Phi) is 5.05. The van der Waals surface area contributed by atoms with E-state index in [-0.39, 0.29) is 5.56 Å². The Bertz CT molecular complexity index is 399. The number of benzene rings is 1. The average molecular weight is 285 g/mol. The summed E-state index contributed by atoms with van der Waals surface area (Å²) in [4.78, 5) is 11.1. The molecule has 0 radical (unpaired) electrons. The maximum absolute atomic E-state index is 11.1. The van der Waals surface area contributed by atoms with Crippen LogP contribution in [0.3, 0.4) is 0 Å². The van der Waals surface area contributed by atoms with Crippen LogP contribution >= 0.6 is 15.9 Å². The zero-order chi connectivity index (χ0) is 12.0. The first-order chi connectivity index (χ1) is 7.70. The fourth-order valence-electron chi connectivity index (χ4n) is 1.36. The largest absolute Gasteiger partial charge is 0.496 e. The average Bonchev–Trinajstić information content (AvgIpc) is 2.28. The number of carbonyl (C=O) groups is 1. The molecule has 0 aliphatic rings. The minimum absolute atomic E-state index is 0.204. The maximum atomic E-state index is 11.1. The van der Waals surface area contributed by atoms with E-state index >= 15 is 0 Å². The van der Waals surface area contributed by atoms with Crippen LogP contribution in [0.15, 0.2) is 24.3 Å². The number of allylic oxidation sites excluding steroid dienone is 1. The van der Waals surface area contributed by atoms with Crippen LogP contribution in [0.2, 0.25) is 0 Å². The molecule has 16 heavy (non-hydrogen) atoms. The van der Waals surface area contributed by atoms with Gasteiger partial charge in [-0.2, -0.15) is 0 Å². The lowest BCUT2D eigenvalue weighted by Gasteiger charge is -2.07. The molecule has 0 fully saturated rings. The molecule has 0 aromatic heterocycles. The maximum Gasteiger partial charge on any atom is 0.340 e. The Balaban J connectivity index is 3.12. The molecule has 0 unspecified atom stereocenters. The highest BCUT2D eigenvalue weighted by atomic mass is 79.9. The minimum Gasteiger partial charge on any atom is -0.496 e. The number of alkyl halides is 1. The predicted octanol–water partition coefficient (Wildman–Crippen LogP) is 3.19. The number of halogens is 1. The molecule has 0 atom stereocenters. The molecule has 3 nitrogen and oxygen atoms in total. The van der Waals surface area contributed by atoms with E-state index < -0.39 is 5.97 Å². The summed E-state index contributed by atoms with van der Waals surface area (Å²) < 4.78 is 5.03. The summed E-state index contributed by atoms with van der Waals surface area (Å²) in [6, 6.07) is 5.18. The van der Waals surface area contributed by atoms with Gasteiger partial charge in [0.2, 0.25) is 0 Å².